The fraction of sp³-hybridized carbons (Fsp3) is 0.625. The van der Waals surface area contributed by atoms with Crippen LogP contribution in [0.25, 0.3) is 0 Å². The maximum atomic E-state index is 8.89. The molecule has 3 unspecified atom stereocenters. The molecule has 3 atom stereocenters. The topological polar surface area (TPSA) is 80.7 Å². The highest BCUT2D eigenvalue weighted by Crippen LogP contribution is 2.66. The van der Waals surface area contributed by atoms with Gasteiger partial charge in [-0.05, 0) is 42.7 Å². The Morgan fingerprint density at radius 1 is 1.48 bits per heavy atom. The third-order valence-electron chi connectivity index (χ3n) is 6.12. The molecule has 1 aromatic heterocycles. The summed E-state index contributed by atoms with van der Waals surface area (Å²) in [7, 11) is 0. The summed E-state index contributed by atoms with van der Waals surface area (Å²) in [6, 6.07) is 3.52. The average Bonchev–Trinajstić information content (AvgIpc) is 2.80. The second-order valence-corrected chi connectivity index (χ2v) is 7.06. The van der Waals surface area contributed by atoms with Crippen molar-refractivity contribution in [3.63, 3.8) is 0 Å². The largest absolute Gasteiger partial charge is 0.473 e. The Balaban J connectivity index is 1.90. The van der Waals surface area contributed by atoms with Gasteiger partial charge in [-0.3, -0.25) is 0 Å². The van der Waals surface area contributed by atoms with E-state index < -0.39 is 0 Å². The molecular weight excluding hydrogens is 266 g/mol. The minimum atomic E-state index is 0.0330. The van der Waals surface area contributed by atoms with Crippen molar-refractivity contribution >= 4 is 5.84 Å². The normalized spacial score (nSPS) is 34.1. The fourth-order valence-electron chi connectivity index (χ4n) is 4.18. The molecule has 2 saturated carbocycles. The van der Waals surface area contributed by atoms with E-state index >= 15 is 0 Å². The number of rotatable bonds is 3. The summed E-state index contributed by atoms with van der Waals surface area (Å²) < 4.78 is 6.22. The van der Waals surface area contributed by atoms with Gasteiger partial charge < -0.3 is 15.7 Å². The van der Waals surface area contributed by atoms with Crippen molar-refractivity contribution in [2.75, 3.05) is 0 Å². The summed E-state index contributed by atoms with van der Waals surface area (Å²) in [6.45, 7) is 7.00. The Morgan fingerprint density at radius 3 is 2.81 bits per heavy atom. The van der Waals surface area contributed by atoms with Crippen molar-refractivity contribution in [2.45, 2.75) is 46.1 Å². The predicted octanol–water partition coefficient (Wildman–Crippen LogP) is 2.77. The van der Waals surface area contributed by atoms with Crippen LogP contribution in [0, 0.1) is 16.7 Å². The molecule has 114 valence electrons. The predicted molar refractivity (Wildman–Crippen MR) is 80.4 cm³/mol. The Labute approximate surface area is 125 Å². The molecule has 0 radical (unpaired) electrons. The van der Waals surface area contributed by atoms with E-state index in [1.54, 1.807) is 18.3 Å². The first-order chi connectivity index (χ1) is 9.90. The van der Waals surface area contributed by atoms with Crippen LogP contribution in [0.3, 0.4) is 0 Å². The molecule has 3 rings (SSSR count). The number of hydrogen-bond acceptors (Lipinski definition) is 4. The number of oxime groups is 1. The van der Waals surface area contributed by atoms with Crippen molar-refractivity contribution in [2.24, 2.45) is 27.6 Å². The second-order valence-electron chi connectivity index (χ2n) is 7.06. The fourth-order valence-corrected chi connectivity index (χ4v) is 4.18. The van der Waals surface area contributed by atoms with Gasteiger partial charge in [-0.1, -0.05) is 25.9 Å². The van der Waals surface area contributed by atoms with Gasteiger partial charge in [0.25, 0.3) is 0 Å². The first kappa shape index (κ1) is 14.2. The summed E-state index contributed by atoms with van der Waals surface area (Å²) >= 11 is 0. The number of ether oxygens (including phenoxy) is 1. The minimum Gasteiger partial charge on any atom is -0.473 e. The van der Waals surface area contributed by atoms with E-state index in [2.05, 4.69) is 30.9 Å². The lowest BCUT2D eigenvalue weighted by Crippen LogP contribution is -2.39. The van der Waals surface area contributed by atoms with Gasteiger partial charge in [-0.25, -0.2) is 4.98 Å². The van der Waals surface area contributed by atoms with E-state index in [9.17, 15) is 0 Å². The van der Waals surface area contributed by atoms with E-state index in [4.69, 9.17) is 15.7 Å². The summed E-state index contributed by atoms with van der Waals surface area (Å²) in [5.41, 5.74) is 6.69. The highest BCUT2D eigenvalue weighted by atomic mass is 16.5. The van der Waals surface area contributed by atoms with Gasteiger partial charge in [0.05, 0.1) is 5.56 Å². The molecule has 2 fully saturated rings. The van der Waals surface area contributed by atoms with Gasteiger partial charge in [-0.15, -0.1) is 0 Å². The number of amidine groups is 1. The van der Waals surface area contributed by atoms with Crippen LogP contribution in [0.15, 0.2) is 23.5 Å². The first-order valence-corrected chi connectivity index (χ1v) is 7.49. The van der Waals surface area contributed by atoms with Gasteiger partial charge in [0.2, 0.25) is 5.88 Å². The van der Waals surface area contributed by atoms with Gasteiger partial charge in [0, 0.05) is 11.6 Å². The van der Waals surface area contributed by atoms with Crippen LogP contribution in [-0.4, -0.2) is 22.1 Å². The van der Waals surface area contributed by atoms with Crippen molar-refractivity contribution in [1.29, 1.82) is 0 Å². The zero-order valence-corrected chi connectivity index (χ0v) is 12.8. The number of nitrogens with zero attached hydrogens (tertiary/aromatic N) is 2. The third-order valence-corrected chi connectivity index (χ3v) is 6.12. The minimum absolute atomic E-state index is 0.0330. The Bertz CT molecular complexity index is 585. The number of aromatic nitrogens is 1. The highest BCUT2D eigenvalue weighted by molar-refractivity contribution is 5.98. The lowest BCUT2D eigenvalue weighted by Gasteiger charge is -2.38. The van der Waals surface area contributed by atoms with Gasteiger partial charge in [0.15, 0.2) is 5.84 Å². The summed E-state index contributed by atoms with van der Waals surface area (Å²) in [5.74, 6) is 1.19. The Kier molecular flexibility index (Phi) is 3.11. The third kappa shape index (κ3) is 1.90. The van der Waals surface area contributed by atoms with Crippen molar-refractivity contribution in [3.05, 3.63) is 23.9 Å². The molecular formula is C16H23N3O2. The smallest absolute Gasteiger partial charge is 0.224 e. The molecule has 0 saturated heterocycles. The molecule has 3 N–H and O–H groups in total. The average molecular weight is 289 g/mol. The van der Waals surface area contributed by atoms with E-state index in [0.29, 0.717) is 17.4 Å². The van der Waals surface area contributed by atoms with Gasteiger partial charge >= 0.3 is 0 Å². The second kappa shape index (κ2) is 4.61. The lowest BCUT2D eigenvalue weighted by molar-refractivity contribution is 0.0272. The van der Waals surface area contributed by atoms with Crippen molar-refractivity contribution in [1.82, 2.24) is 4.98 Å². The number of hydrogen-bond donors (Lipinski definition) is 2. The zero-order valence-electron chi connectivity index (χ0n) is 12.8. The number of nitrogens with two attached hydrogens (primary N) is 1. The summed E-state index contributed by atoms with van der Waals surface area (Å²) in [5, 5.41) is 12.0. The quantitative estimate of drug-likeness (QED) is 0.388. The Morgan fingerprint density at radius 2 is 2.24 bits per heavy atom. The zero-order chi connectivity index (χ0) is 15.3. The van der Waals surface area contributed by atoms with Crippen LogP contribution < -0.4 is 10.5 Å². The summed E-state index contributed by atoms with van der Waals surface area (Å²) in [4.78, 5) is 4.28. The van der Waals surface area contributed by atoms with E-state index in [-0.39, 0.29) is 22.8 Å². The SMILES string of the molecule is CC1(C)C2CCC1(C)C(Oc1ncccc1/C(N)=N/O)C2. The number of fused-ring (bicyclic) bond motifs is 2. The van der Waals surface area contributed by atoms with Crippen molar-refractivity contribution in [3.8, 4) is 5.88 Å². The standard InChI is InChI=1S/C16H23N3O2/c1-15(2)10-6-7-16(15,3)12(9-10)21-14-11(13(17)19-20)5-4-8-18-14/h4-5,8,10,12,20H,6-7,9H2,1-3H3,(H2,17,19). The molecule has 5 heteroatoms. The van der Waals surface area contributed by atoms with E-state index in [1.807, 2.05) is 0 Å². The maximum absolute atomic E-state index is 8.89. The highest BCUT2D eigenvalue weighted by Gasteiger charge is 2.62. The molecule has 5 nitrogen and oxygen atoms in total. The van der Waals surface area contributed by atoms with Crippen LogP contribution in [-0.2, 0) is 0 Å². The maximum Gasteiger partial charge on any atom is 0.224 e. The van der Waals surface area contributed by atoms with Crippen molar-refractivity contribution < 1.29 is 9.94 Å². The van der Waals surface area contributed by atoms with Crippen LogP contribution in [0.1, 0.15) is 45.6 Å². The van der Waals surface area contributed by atoms with E-state index in [1.165, 1.54) is 12.8 Å². The molecule has 21 heavy (non-hydrogen) atoms. The molecule has 2 aliphatic rings. The molecule has 0 spiro atoms. The lowest BCUT2D eigenvalue weighted by atomic mass is 9.70. The molecule has 2 aliphatic carbocycles. The van der Waals surface area contributed by atoms with Crippen LogP contribution in [0.4, 0.5) is 0 Å². The summed E-state index contributed by atoms with van der Waals surface area (Å²) in [6.07, 6.45) is 5.31. The van der Waals surface area contributed by atoms with Gasteiger partial charge in [-0.2, -0.15) is 0 Å². The van der Waals surface area contributed by atoms with Crippen LogP contribution in [0.2, 0.25) is 0 Å². The molecule has 0 amide bonds. The van der Waals surface area contributed by atoms with Gasteiger partial charge in [0.1, 0.15) is 6.10 Å². The molecule has 2 bridgehead atoms. The first-order valence-electron chi connectivity index (χ1n) is 7.49. The molecule has 0 aromatic carbocycles. The van der Waals surface area contributed by atoms with Crippen LogP contribution in [0.5, 0.6) is 5.88 Å². The van der Waals surface area contributed by atoms with Crippen LogP contribution >= 0.6 is 0 Å². The Hall–Kier alpha value is -1.78. The molecule has 1 heterocycles. The molecule has 1 aromatic rings. The number of pyridine rings is 1. The van der Waals surface area contributed by atoms with E-state index in [0.717, 1.165) is 6.42 Å². The molecule has 0 aliphatic heterocycles. The monoisotopic (exact) mass is 289 g/mol.